The molecule has 1 aliphatic heterocycles. The Hall–Kier alpha value is -2.57. The minimum atomic E-state index is -0.0990. The second-order valence-corrected chi connectivity index (χ2v) is 9.42. The van der Waals surface area contributed by atoms with E-state index in [1.54, 1.807) is 18.2 Å². The molecule has 1 saturated heterocycles. The van der Waals surface area contributed by atoms with Crippen molar-refractivity contribution in [3.05, 3.63) is 99.5 Å². The highest BCUT2D eigenvalue weighted by atomic mass is 35.5. The van der Waals surface area contributed by atoms with E-state index < -0.39 is 0 Å². The predicted octanol–water partition coefficient (Wildman–Crippen LogP) is 5.94. The lowest BCUT2D eigenvalue weighted by atomic mass is 10.1. The molecule has 7 heteroatoms. The van der Waals surface area contributed by atoms with E-state index >= 15 is 0 Å². The summed E-state index contributed by atoms with van der Waals surface area (Å²) in [6.07, 6.45) is 0.870. The number of rotatable bonds is 10. The molecule has 0 aliphatic carbocycles. The summed E-state index contributed by atoms with van der Waals surface area (Å²) in [6.45, 7) is 5.95. The zero-order valence-electron chi connectivity index (χ0n) is 19.7. The average Bonchev–Trinajstić information content (AvgIpc) is 2.88. The van der Waals surface area contributed by atoms with Gasteiger partial charge in [-0.05, 0) is 47.9 Å². The summed E-state index contributed by atoms with van der Waals surface area (Å²) < 4.78 is 11.3. The summed E-state index contributed by atoms with van der Waals surface area (Å²) in [6, 6.07) is 23.0. The van der Waals surface area contributed by atoms with E-state index in [1.807, 2.05) is 59.5 Å². The number of nitrogens with zero attached hydrogens (tertiary/aromatic N) is 2. The average molecular weight is 513 g/mol. The third-order valence-electron chi connectivity index (χ3n) is 6.00. The number of benzene rings is 3. The van der Waals surface area contributed by atoms with Crippen molar-refractivity contribution in [1.29, 1.82) is 0 Å². The summed E-state index contributed by atoms with van der Waals surface area (Å²) in [5.74, 6) is 0.696. The van der Waals surface area contributed by atoms with E-state index in [4.69, 9.17) is 32.7 Å². The van der Waals surface area contributed by atoms with Crippen molar-refractivity contribution in [2.75, 3.05) is 39.4 Å². The molecule has 0 radical (unpaired) electrons. The van der Waals surface area contributed by atoms with Crippen LogP contribution in [-0.2, 0) is 17.9 Å². The first-order chi connectivity index (χ1) is 17.1. The SMILES string of the molecule is O=C(c1ccc(Cl)cc1Cl)N(CCCN1CCOCC1)Cc1ccc(OCc2ccccc2)cc1. The van der Waals surface area contributed by atoms with Crippen molar-refractivity contribution in [3.63, 3.8) is 0 Å². The van der Waals surface area contributed by atoms with Gasteiger partial charge in [0.05, 0.1) is 23.8 Å². The van der Waals surface area contributed by atoms with Crippen LogP contribution in [0.3, 0.4) is 0 Å². The lowest BCUT2D eigenvalue weighted by Gasteiger charge is -2.28. The van der Waals surface area contributed by atoms with Crippen molar-refractivity contribution in [2.24, 2.45) is 0 Å². The molecule has 0 aromatic heterocycles. The standard InChI is InChI=1S/C28H30Cl2N2O3/c29-24-9-12-26(27(30)19-24)28(33)32(14-4-13-31-15-17-34-18-16-31)20-22-7-10-25(11-8-22)35-21-23-5-2-1-3-6-23/h1-3,5-12,19H,4,13-18,20-21H2. The van der Waals surface area contributed by atoms with Crippen LogP contribution in [0.5, 0.6) is 5.75 Å². The van der Waals surface area contributed by atoms with Gasteiger partial charge in [0.2, 0.25) is 0 Å². The van der Waals surface area contributed by atoms with Gasteiger partial charge in [0.15, 0.2) is 0 Å². The number of halogens is 2. The summed E-state index contributed by atoms with van der Waals surface area (Å²) >= 11 is 12.4. The van der Waals surface area contributed by atoms with Gasteiger partial charge in [0.1, 0.15) is 12.4 Å². The van der Waals surface area contributed by atoms with Crippen LogP contribution in [0.15, 0.2) is 72.8 Å². The number of ether oxygens (including phenoxy) is 2. The monoisotopic (exact) mass is 512 g/mol. The van der Waals surface area contributed by atoms with E-state index in [0.29, 0.717) is 35.3 Å². The number of carbonyl (C=O) groups is 1. The number of carbonyl (C=O) groups excluding carboxylic acids is 1. The summed E-state index contributed by atoms with van der Waals surface area (Å²) in [7, 11) is 0. The molecule has 5 nitrogen and oxygen atoms in total. The number of hydrogen-bond donors (Lipinski definition) is 0. The van der Waals surface area contributed by atoms with Crippen LogP contribution in [0.25, 0.3) is 0 Å². The summed E-state index contributed by atoms with van der Waals surface area (Å²) in [5, 5.41) is 0.877. The fourth-order valence-corrected chi connectivity index (χ4v) is 4.54. The Morgan fingerprint density at radius 1 is 0.943 bits per heavy atom. The van der Waals surface area contributed by atoms with Crippen LogP contribution >= 0.6 is 23.2 Å². The van der Waals surface area contributed by atoms with E-state index in [9.17, 15) is 4.79 Å². The molecule has 184 valence electrons. The first kappa shape index (κ1) is 25.5. The van der Waals surface area contributed by atoms with Crippen LogP contribution in [-0.4, -0.2) is 55.1 Å². The lowest BCUT2D eigenvalue weighted by molar-refractivity contribution is 0.0355. The Balaban J connectivity index is 1.41. The normalized spacial score (nSPS) is 14.0. The van der Waals surface area contributed by atoms with E-state index in [1.165, 1.54) is 0 Å². The smallest absolute Gasteiger partial charge is 0.255 e. The second kappa shape index (κ2) is 12.9. The van der Waals surface area contributed by atoms with Crippen molar-refractivity contribution in [1.82, 2.24) is 9.80 Å². The molecule has 4 rings (SSSR count). The Kier molecular flexibility index (Phi) is 9.43. The number of hydrogen-bond acceptors (Lipinski definition) is 4. The molecule has 0 saturated carbocycles. The highest BCUT2D eigenvalue weighted by Gasteiger charge is 2.20. The maximum atomic E-state index is 13.4. The van der Waals surface area contributed by atoms with Crippen molar-refractivity contribution < 1.29 is 14.3 Å². The maximum absolute atomic E-state index is 13.4. The van der Waals surface area contributed by atoms with Gasteiger partial charge in [0, 0.05) is 37.7 Å². The Morgan fingerprint density at radius 3 is 2.40 bits per heavy atom. The van der Waals surface area contributed by atoms with Crippen LogP contribution in [0.4, 0.5) is 0 Å². The van der Waals surface area contributed by atoms with Crippen LogP contribution in [0.1, 0.15) is 27.9 Å². The molecular weight excluding hydrogens is 483 g/mol. The first-order valence-electron chi connectivity index (χ1n) is 11.9. The molecule has 1 fully saturated rings. The Bertz CT molecular complexity index is 1090. The molecule has 3 aromatic carbocycles. The summed E-state index contributed by atoms with van der Waals surface area (Å²) in [4.78, 5) is 17.7. The van der Waals surface area contributed by atoms with Gasteiger partial charge in [-0.15, -0.1) is 0 Å². The molecule has 35 heavy (non-hydrogen) atoms. The summed E-state index contributed by atoms with van der Waals surface area (Å²) in [5.41, 5.74) is 2.61. The molecule has 1 amide bonds. The molecule has 0 atom stereocenters. The van der Waals surface area contributed by atoms with E-state index in [0.717, 1.165) is 56.1 Å². The molecule has 3 aromatic rings. The Labute approximate surface area is 217 Å². The maximum Gasteiger partial charge on any atom is 0.255 e. The topological polar surface area (TPSA) is 42.0 Å². The molecule has 1 heterocycles. The van der Waals surface area contributed by atoms with Gasteiger partial charge in [0.25, 0.3) is 5.91 Å². The van der Waals surface area contributed by atoms with Crippen molar-refractivity contribution in [2.45, 2.75) is 19.6 Å². The van der Waals surface area contributed by atoms with Gasteiger partial charge in [-0.25, -0.2) is 0 Å². The minimum Gasteiger partial charge on any atom is -0.489 e. The van der Waals surface area contributed by atoms with Crippen LogP contribution in [0, 0.1) is 0 Å². The van der Waals surface area contributed by atoms with Gasteiger partial charge in [-0.1, -0.05) is 65.7 Å². The third kappa shape index (κ3) is 7.71. The molecule has 1 aliphatic rings. The molecule has 0 bridgehead atoms. The van der Waals surface area contributed by atoms with Gasteiger partial charge in [-0.2, -0.15) is 0 Å². The third-order valence-corrected chi connectivity index (χ3v) is 6.55. The first-order valence-corrected chi connectivity index (χ1v) is 12.6. The van der Waals surface area contributed by atoms with Gasteiger partial charge < -0.3 is 14.4 Å². The largest absolute Gasteiger partial charge is 0.489 e. The van der Waals surface area contributed by atoms with Crippen LogP contribution < -0.4 is 4.74 Å². The zero-order valence-corrected chi connectivity index (χ0v) is 21.2. The fraction of sp³-hybridized carbons (Fsp3) is 0.321. The van der Waals surface area contributed by atoms with Gasteiger partial charge in [-0.3, -0.25) is 9.69 Å². The molecule has 0 N–H and O–H groups in total. The molecular formula is C28H30Cl2N2O3. The number of amides is 1. The minimum absolute atomic E-state index is 0.0990. The quantitative estimate of drug-likeness (QED) is 0.337. The van der Waals surface area contributed by atoms with E-state index in [2.05, 4.69) is 4.90 Å². The van der Waals surface area contributed by atoms with Crippen molar-refractivity contribution in [3.8, 4) is 5.75 Å². The number of morpholine rings is 1. The zero-order chi connectivity index (χ0) is 24.5. The van der Waals surface area contributed by atoms with Gasteiger partial charge >= 0.3 is 0 Å². The molecule has 0 unspecified atom stereocenters. The predicted molar refractivity (Wildman–Crippen MR) is 140 cm³/mol. The fourth-order valence-electron chi connectivity index (χ4n) is 4.05. The molecule has 0 spiro atoms. The van der Waals surface area contributed by atoms with Crippen LogP contribution in [0.2, 0.25) is 10.0 Å². The lowest BCUT2D eigenvalue weighted by Crippen LogP contribution is -2.39. The second-order valence-electron chi connectivity index (χ2n) is 8.58. The highest BCUT2D eigenvalue weighted by molar-refractivity contribution is 6.36. The Morgan fingerprint density at radius 2 is 1.69 bits per heavy atom. The van der Waals surface area contributed by atoms with Crippen molar-refractivity contribution >= 4 is 29.1 Å². The van der Waals surface area contributed by atoms with E-state index in [-0.39, 0.29) is 5.91 Å². The highest BCUT2D eigenvalue weighted by Crippen LogP contribution is 2.24.